The lowest BCUT2D eigenvalue weighted by Crippen LogP contribution is -2.27. The molecule has 0 spiro atoms. The summed E-state index contributed by atoms with van der Waals surface area (Å²) in [5, 5.41) is 3.49. The summed E-state index contributed by atoms with van der Waals surface area (Å²) in [6, 6.07) is 15.6. The van der Waals surface area contributed by atoms with E-state index >= 15 is 0 Å². The van der Waals surface area contributed by atoms with Crippen molar-refractivity contribution < 1.29 is 23.8 Å². The van der Waals surface area contributed by atoms with Crippen LogP contribution in [0.5, 0.6) is 17.2 Å². The molecule has 0 radical (unpaired) electrons. The second-order valence-corrected chi connectivity index (χ2v) is 10.6. The largest absolute Gasteiger partial charge is 0.497 e. The summed E-state index contributed by atoms with van der Waals surface area (Å²) in [5.41, 5.74) is 2.70. The number of amides is 2. The Labute approximate surface area is 239 Å². The van der Waals surface area contributed by atoms with E-state index in [9.17, 15) is 9.59 Å². The smallest absolute Gasteiger partial charge is 0.270 e. The van der Waals surface area contributed by atoms with Crippen LogP contribution in [0.4, 0.5) is 11.4 Å². The van der Waals surface area contributed by atoms with Gasteiger partial charge in [-0.05, 0) is 72.7 Å². The quantitative estimate of drug-likeness (QED) is 0.230. The zero-order valence-corrected chi connectivity index (χ0v) is 23.7. The van der Waals surface area contributed by atoms with Crippen LogP contribution in [0.3, 0.4) is 0 Å². The molecule has 0 saturated carbocycles. The second kappa shape index (κ2) is 12.1. The van der Waals surface area contributed by atoms with Gasteiger partial charge in [-0.2, -0.15) is 0 Å². The maximum Gasteiger partial charge on any atom is 0.270 e. The third-order valence-electron chi connectivity index (χ3n) is 5.50. The predicted molar refractivity (Wildman–Crippen MR) is 157 cm³/mol. The molecule has 7 nitrogen and oxygen atoms in total. The van der Waals surface area contributed by atoms with Gasteiger partial charge in [0, 0.05) is 10.7 Å². The van der Waals surface area contributed by atoms with E-state index in [0.717, 1.165) is 5.56 Å². The summed E-state index contributed by atoms with van der Waals surface area (Å²) in [5.74, 6) is 0.542. The number of nitrogens with one attached hydrogen (secondary N) is 1. The van der Waals surface area contributed by atoms with Gasteiger partial charge in [0.15, 0.2) is 22.4 Å². The van der Waals surface area contributed by atoms with E-state index in [1.807, 2.05) is 13.0 Å². The maximum absolute atomic E-state index is 13.1. The highest BCUT2D eigenvalue weighted by Crippen LogP contribution is 2.40. The van der Waals surface area contributed by atoms with Gasteiger partial charge in [-0.1, -0.05) is 53.2 Å². The number of halogens is 2. The maximum atomic E-state index is 13.1. The first-order valence-electron chi connectivity index (χ1n) is 11.2. The number of rotatable bonds is 8. The minimum Gasteiger partial charge on any atom is -0.497 e. The van der Waals surface area contributed by atoms with Crippen molar-refractivity contribution in [3.63, 3.8) is 0 Å². The van der Waals surface area contributed by atoms with Crippen molar-refractivity contribution in [3.05, 3.63) is 80.7 Å². The van der Waals surface area contributed by atoms with Gasteiger partial charge >= 0.3 is 0 Å². The summed E-state index contributed by atoms with van der Waals surface area (Å²) in [4.78, 5) is 27.5. The molecule has 0 aromatic heterocycles. The lowest BCUT2D eigenvalue weighted by molar-refractivity contribution is -0.118. The van der Waals surface area contributed by atoms with Gasteiger partial charge in [0.25, 0.3) is 11.8 Å². The number of methoxy groups -OCH3 is 2. The predicted octanol–water partition coefficient (Wildman–Crippen LogP) is 6.74. The van der Waals surface area contributed by atoms with Crippen molar-refractivity contribution in [2.75, 3.05) is 31.0 Å². The van der Waals surface area contributed by atoms with Crippen LogP contribution >= 0.6 is 47.2 Å². The fourth-order valence-electron chi connectivity index (χ4n) is 3.59. The average molecular weight is 590 g/mol. The zero-order chi connectivity index (χ0) is 27.4. The molecule has 38 heavy (non-hydrogen) atoms. The van der Waals surface area contributed by atoms with Gasteiger partial charge in [0.05, 0.1) is 29.8 Å². The summed E-state index contributed by atoms with van der Waals surface area (Å²) >= 11 is 19.1. The van der Waals surface area contributed by atoms with Gasteiger partial charge in [-0.25, -0.2) is 0 Å². The van der Waals surface area contributed by atoms with Crippen molar-refractivity contribution in [2.24, 2.45) is 0 Å². The number of thiocarbonyl (C=S) groups is 1. The summed E-state index contributed by atoms with van der Waals surface area (Å²) in [7, 11) is 3.03. The molecule has 1 heterocycles. The standard InChI is InChI=1S/C27H22Cl2N2O5S2/c1-15-4-5-17(28)13-21(15)30-24(32)14-36-25-20(29)10-16(11-22(25)35-3)12-23-26(33)31(27(37)38-23)18-6-8-19(34-2)9-7-18/h4-13H,14H2,1-3H3,(H,30,32)/b23-12-. The first-order chi connectivity index (χ1) is 18.2. The molecule has 1 aliphatic heterocycles. The molecule has 0 unspecified atom stereocenters. The summed E-state index contributed by atoms with van der Waals surface area (Å²) in [6.45, 7) is 1.55. The van der Waals surface area contributed by atoms with Crippen molar-refractivity contribution in [2.45, 2.75) is 6.92 Å². The van der Waals surface area contributed by atoms with Crippen molar-refractivity contribution in [1.29, 1.82) is 0 Å². The van der Waals surface area contributed by atoms with Crippen LogP contribution in [0.15, 0.2) is 59.5 Å². The number of aryl methyl sites for hydroxylation is 1. The third kappa shape index (κ3) is 6.24. The Kier molecular flexibility index (Phi) is 8.83. The lowest BCUT2D eigenvalue weighted by Gasteiger charge is -2.15. The molecule has 1 fully saturated rings. The molecule has 4 rings (SSSR count). The molecule has 0 atom stereocenters. The first-order valence-corrected chi connectivity index (χ1v) is 13.2. The first kappa shape index (κ1) is 27.8. The number of thioether (sulfide) groups is 1. The summed E-state index contributed by atoms with van der Waals surface area (Å²) < 4.78 is 16.7. The molecular weight excluding hydrogens is 567 g/mol. The van der Waals surface area contributed by atoms with Crippen LogP contribution in [0.1, 0.15) is 11.1 Å². The van der Waals surface area contributed by atoms with Crippen LogP contribution in [-0.2, 0) is 9.59 Å². The molecule has 0 aliphatic carbocycles. The molecule has 1 saturated heterocycles. The number of nitrogens with zero attached hydrogens (tertiary/aromatic N) is 1. The van der Waals surface area contributed by atoms with Gasteiger partial charge in [0.2, 0.25) is 0 Å². The van der Waals surface area contributed by atoms with Gasteiger partial charge in [-0.3, -0.25) is 14.5 Å². The van der Waals surface area contributed by atoms with E-state index < -0.39 is 0 Å². The Morgan fingerprint density at radius 2 is 1.82 bits per heavy atom. The highest BCUT2D eigenvalue weighted by molar-refractivity contribution is 8.27. The number of carbonyl (C=O) groups is 2. The van der Waals surface area contributed by atoms with E-state index in [4.69, 9.17) is 49.6 Å². The van der Waals surface area contributed by atoms with Crippen LogP contribution in [-0.4, -0.2) is 37.0 Å². The van der Waals surface area contributed by atoms with Gasteiger partial charge in [-0.15, -0.1) is 0 Å². The van der Waals surface area contributed by atoms with E-state index in [1.165, 1.54) is 23.8 Å². The lowest BCUT2D eigenvalue weighted by atomic mass is 10.1. The molecule has 3 aromatic rings. The van der Waals surface area contributed by atoms with Gasteiger partial charge < -0.3 is 19.5 Å². The molecule has 1 N–H and O–H groups in total. The van der Waals surface area contributed by atoms with E-state index in [0.29, 0.717) is 42.7 Å². The second-order valence-electron chi connectivity index (χ2n) is 8.05. The molecule has 2 amide bonds. The number of benzene rings is 3. The Morgan fingerprint density at radius 1 is 1.08 bits per heavy atom. The minimum atomic E-state index is -0.389. The summed E-state index contributed by atoms with van der Waals surface area (Å²) in [6.07, 6.45) is 1.68. The Hall–Kier alpha value is -3.24. The van der Waals surface area contributed by atoms with E-state index in [1.54, 1.807) is 61.7 Å². The van der Waals surface area contributed by atoms with Crippen molar-refractivity contribution in [1.82, 2.24) is 0 Å². The fraction of sp³-hybridized carbons (Fsp3) is 0.148. The van der Waals surface area contributed by atoms with E-state index in [2.05, 4.69) is 5.32 Å². The normalized spacial score (nSPS) is 14.1. The van der Waals surface area contributed by atoms with Crippen LogP contribution in [0.2, 0.25) is 10.0 Å². The fourth-order valence-corrected chi connectivity index (χ4v) is 5.33. The highest BCUT2D eigenvalue weighted by Gasteiger charge is 2.33. The molecule has 3 aromatic carbocycles. The third-order valence-corrected chi connectivity index (χ3v) is 7.31. The number of anilines is 2. The molecular formula is C27H22Cl2N2O5S2. The Bertz CT molecular complexity index is 1440. The van der Waals surface area contributed by atoms with Crippen molar-refractivity contribution in [3.8, 4) is 17.2 Å². The van der Waals surface area contributed by atoms with E-state index in [-0.39, 0.29) is 29.2 Å². The Balaban J connectivity index is 1.50. The average Bonchev–Trinajstić information content (AvgIpc) is 3.17. The number of hydrogen-bond acceptors (Lipinski definition) is 7. The minimum absolute atomic E-state index is 0.204. The highest BCUT2D eigenvalue weighted by atomic mass is 35.5. The van der Waals surface area contributed by atoms with Crippen LogP contribution < -0.4 is 24.4 Å². The number of carbonyl (C=O) groups excluding carboxylic acids is 2. The van der Waals surface area contributed by atoms with Crippen molar-refractivity contribution >= 4 is 80.8 Å². The molecule has 0 bridgehead atoms. The zero-order valence-electron chi connectivity index (χ0n) is 20.5. The Morgan fingerprint density at radius 3 is 2.50 bits per heavy atom. The van der Waals surface area contributed by atoms with Crippen LogP contribution in [0, 0.1) is 6.92 Å². The molecule has 11 heteroatoms. The molecule has 196 valence electrons. The van der Waals surface area contributed by atoms with Crippen LogP contribution in [0.25, 0.3) is 6.08 Å². The number of hydrogen-bond donors (Lipinski definition) is 1. The number of ether oxygens (including phenoxy) is 3. The topological polar surface area (TPSA) is 77.1 Å². The SMILES string of the molecule is COc1ccc(N2C(=O)/C(=C/c3cc(Cl)c(OCC(=O)Nc4cc(Cl)ccc4C)c(OC)c3)SC2=S)cc1. The van der Waals surface area contributed by atoms with Gasteiger partial charge in [0.1, 0.15) is 5.75 Å². The molecule has 1 aliphatic rings. The monoisotopic (exact) mass is 588 g/mol.